The zero-order valence-corrected chi connectivity index (χ0v) is 15.6. The van der Waals surface area contributed by atoms with E-state index in [-0.39, 0.29) is 12.2 Å². The first kappa shape index (κ1) is 19.9. The van der Waals surface area contributed by atoms with E-state index in [1.165, 1.54) is 12.1 Å². The van der Waals surface area contributed by atoms with Crippen LogP contribution in [0, 0.1) is 0 Å². The third kappa shape index (κ3) is 3.86. The normalized spacial score (nSPS) is 11.7. The smallest absolute Gasteiger partial charge is 0.325 e. The minimum absolute atomic E-state index is 0.0312. The van der Waals surface area contributed by atoms with Gasteiger partial charge >= 0.3 is 11.9 Å². The molecule has 6 nitrogen and oxygen atoms in total. The minimum Gasteiger partial charge on any atom is -0.325 e. The molecule has 0 fully saturated rings. The first-order valence-electron chi connectivity index (χ1n) is 8.40. The lowest BCUT2D eigenvalue weighted by molar-refractivity contribution is -0.137. The summed E-state index contributed by atoms with van der Waals surface area (Å²) in [5.74, 6) is -0.671. The molecule has 0 radical (unpaired) electrons. The summed E-state index contributed by atoms with van der Waals surface area (Å²) in [6, 6.07) is 5.79. The van der Waals surface area contributed by atoms with Crippen LogP contribution in [0.4, 0.5) is 18.9 Å². The highest BCUT2D eigenvalue weighted by atomic mass is 32.1. The van der Waals surface area contributed by atoms with Crippen LogP contribution in [0.5, 0.6) is 0 Å². The zero-order chi connectivity index (χ0) is 20.5. The highest BCUT2D eigenvalue weighted by Gasteiger charge is 2.30. The average molecular weight is 411 g/mol. The maximum atomic E-state index is 12.8. The van der Waals surface area contributed by atoms with Gasteiger partial charge in [-0.15, -0.1) is 11.3 Å². The van der Waals surface area contributed by atoms with Gasteiger partial charge in [0, 0.05) is 12.2 Å². The number of nitrogens with one attached hydrogen (secondary N) is 1. The Bertz CT molecular complexity index is 1140. The number of aromatic nitrogens is 2. The van der Waals surface area contributed by atoms with E-state index in [0.717, 1.165) is 32.6 Å². The summed E-state index contributed by atoms with van der Waals surface area (Å²) in [5, 5.41) is 4.01. The highest BCUT2D eigenvalue weighted by Crippen LogP contribution is 2.30. The molecule has 2 aromatic heterocycles. The molecule has 148 valence electrons. The van der Waals surface area contributed by atoms with Gasteiger partial charge in [-0.05, 0) is 36.1 Å². The minimum atomic E-state index is -4.53. The van der Waals surface area contributed by atoms with Crippen LogP contribution in [0.3, 0.4) is 0 Å². The summed E-state index contributed by atoms with van der Waals surface area (Å²) in [7, 11) is 0. The number of fused-ring (bicyclic) bond motifs is 1. The van der Waals surface area contributed by atoms with E-state index >= 15 is 0 Å². The molecule has 2 heterocycles. The quantitative estimate of drug-likeness (QED) is 0.700. The topological polar surface area (TPSA) is 73.1 Å². The standard InChI is InChI=1S/C18H16F3N3O3S/c1-2-7-23-16(26)15-13(6-8-28-15)24(17(23)27)10-14(25)22-12-5-3-4-11(9-12)18(19,20)21/h3-6,8-9H,2,7,10H2,1H3,(H,22,25). The summed E-state index contributed by atoms with van der Waals surface area (Å²) in [6.07, 6.45) is -3.97. The lowest BCUT2D eigenvalue weighted by Gasteiger charge is -2.13. The van der Waals surface area contributed by atoms with Crippen molar-refractivity contribution in [2.75, 3.05) is 5.32 Å². The summed E-state index contributed by atoms with van der Waals surface area (Å²) in [6.45, 7) is 1.60. The largest absolute Gasteiger partial charge is 0.416 e. The van der Waals surface area contributed by atoms with Gasteiger partial charge in [-0.25, -0.2) is 4.79 Å². The van der Waals surface area contributed by atoms with Crippen LogP contribution in [-0.2, 0) is 24.1 Å². The Kier molecular flexibility index (Phi) is 5.41. The first-order valence-corrected chi connectivity index (χ1v) is 9.28. The van der Waals surface area contributed by atoms with Crippen molar-refractivity contribution >= 4 is 33.1 Å². The molecule has 0 unspecified atom stereocenters. The maximum absolute atomic E-state index is 12.8. The lowest BCUT2D eigenvalue weighted by atomic mass is 10.2. The molecule has 3 rings (SSSR count). The number of hydrogen-bond donors (Lipinski definition) is 1. The molecule has 0 saturated heterocycles. The Morgan fingerprint density at radius 3 is 2.61 bits per heavy atom. The second-order valence-electron chi connectivity index (χ2n) is 6.09. The van der Waals surface area contributed by atoms with Crippen LogP contribution >= 0.6 is 11.3 Å². The molecular weight excluding hydrogens is 395 g/mol. The summed E-state index contributed by atoms with van der Waals surface area (Å²) >= 11 is 1.16. The number of hydrogen-bond acceptors (Lipinski definition) is 4. The van der Waals surface area contributed by atoms with Crippen molar-refractivity contribution in [1.82, 2.24) is 9.13 Å². The number of carbonyl (C=O) groups is 1. The molecule has 0 spiro atoms. The zero-order valence-electron chi connectivity index (χ0n) is 14.7. The average Bonchev–Trinajstić information content (AvgIpc) is 3.12. The van der Waals surface area contributed by atoms with Gasteiger partial charge in [0.25, 0.3) is 5.56 Å². The van der Waals surface area contributed by atoms with Crippen LogP contribution < -0.4 is 16.6 Å². The summed E-state index contributed by atoms with van der Waals surface area (Å²) < 4.78 is 41.0. The number of amides is 1. The molecule has 1 N–H and O–H groups in total. The lowest BCUT2D eigenvalue weighted by Crippen LogP contribution is -2.41. The molecule has 1 aromatic carbocycles. The predicted molar refractivity (Wildman–Crippen MR) is 101 cm³/mol. The molecule has 1 amide bonds. The van der Waals surface area contributed by atoms with Gasteiger partial charge < -0.3 is 5.32 Å². The molecule has 28 heavy (non-hydrogen) atoms. The number of rotatable bonds is 5. The van der Waals surface area contributed by atoms with Crippen molar-refractivity contribution in [3.63, 3.8) is 0 Å². The van der Waals surface area contributed by atoms with Crippen molar-refractivity contribution in [2.45, 2.75) is 32.6 Å². The van der Waals surface area contributed by atoms with Crippen LogP contribution in [0.25, 0.3) is 10.2 Å². The van der Waals surface area contributed by atoms with Gasteiger partial charge in [-0.2, -0.15) is 13.2 Å². The number of halogens is 3. The molecule has 0 saturated carbocycles. The van der Waals surface area contributed by atoms with E-state index in [1.807, 2.05) is 6.92 Å². The molecule has 0 atom stereocenters. The highest BCUT2D eigenvalue weighted by molar-refractivity contribution is 7.17. The van der Waals surface area contributed by atoms with Gasteiger partial charge in [-0.3, -0.25) is 18.7 Å². The fourth-order valence-electron chi connectivity index (χ4n) is 2.82. The van der Waals surface area contributed by atoms with Crippen molar-refractivity contribution in [1.29, 1.82) is 0 Å². The molecule has 10 heteroatoms. The molecule has 0 aliphatic carbocycles. The second-order valence-corrected chi connectivity index (χ2v) is 7.00. The number of carbonyl (C=O) groups excluding carboxylic acids is 1. The number of thiophene rings is 1. The Labute approximate surface area is 160 Å². The predicted octanol–water partition coefficient (Wildman–Crippen LogP) is 3.29. The summed E-state index contributed by atoms with van der Waals surface area (Å²) in [5.41, 5.74) is -1.63. The van der Waals surface area contributed by atoms with E-state index in [0.29, 0.717) is 16.6 Å². The van der Waals surface area contributed by atoms with Crippen molar-refractivity contribution in [3.8, 4) is 0 Å². The van der Waals surface area contributed by atoms with Crippen molar-refractivity contribution < 1.29 is 18.0 Å². The molecule has 0 aliphatic heterocycles. The number of nitrogens with zero attached hydrogens (tertiary/aromatic N) is 2. The van der Waals surface area contributed by atoms with E-state index < -0.39 is 35.4 Å². The monoisotopic (exact) mass is 411 g/mol. The molecular formula is C18H16F3N3O3S. The third-order valence-corrected chi connectivity index (χ3v) is 4.95. The fourth-order valence-corrected chi connectivity index (χ4v) is 3.67. The van der Waals surface area contributed by atoms with E-state index in [1.54, 1.807) is 11.4 Å². The Morgan fingerprint density at radius 2 is 1.93 bits per heavy atom. The molecule has 3 aromatic rings. The molecule has 0 aliphatic rings. The van der Waals surface area contributed by atoms with E-state index in [2.05, 4.69) is 5.32 Å². The van der Waals surface area contributed by atoms with Crippen LogP contribution in [0.2, 0.25) is 0 Å². The number of anilines is 1. The van der Waals surface area contributed by atoms with Crippen molar-refractivity contribution in [3.05, 3.63) is 62.1 Å². The summed E-state index contributed by atoms with van der Waals surface area (Å²) in [4.78, 5) is 37.5. The van der Waals surface area contributed by atoms with Gasteiger partial charge in [0.1, 0.15) is 11.2 Å². The van der Waals surface area contributed by atoms with E-state index in [4.69, 9.17) is 0 Å². The number of benzene rings is 1. The van der Waals surface area contributed by atoms with Gasteiger partial charge in [0.05, 0.1) is 11.1 Å². The first-order chi connectivity index (χ1) is 13.2. The van der Waals surface area contributed by atoms with Gasteiger partial charge in [0.15, 0.2) is 0 Å². The van der Waals surface area contributed by atoms with E-state index in [9.17, 15) is 27.6 Å². The van der Waals surface area contributed by atoms with Crippen LogP contribution in [0.15, 0.2) is 45.3 Å². The fraction of sp³-hybridized carbons (Fsp3) is 0.278. The maximum Gasteiger partial charge on any atom is 0.416 e. The van der Waals surface area contributed by atoms with Crippen LogP contribution in [0.1, 0.15) is 18.9 Å². The Hall–Kier alpha value is -2.88. The SMILES string of the molecule is CCCn1c(=O)c2sccc2n(CC(=O)Nc2cccc(C(F)(F)F)c2)c1=O. The Morgan fingerprint density at radius 1 is 1.18 bits per heavy atom. The van der Waals surface area contributed by atoms with Crippen LogP contribution in [-0.4, -0.2) is 15.0 Å². The van der Waals surface area contributed by atoms with Gasteiger partial charge in [0.2, 0.25) is 5.91 Å². The van der Waals surface area contributed by atoms with Gasteiger partial charge in [-0.1, -0.05) is 13.0 Å². The second kappa shape index (κ2) is 7.63. The molecule has 0 bridgehead atoms. The van der Waals surface area contributed by atoms with Crippen molar-refractivity contribution in [2.24, 2.45) is 0 Å². The number of alkyl halides is 3. The Balaban J connectivity index is 1.93. The third-order valence-electron chi connectivity index (χ3n) is 4.06.